The van der Waals surface area contributed by atoms with E-state index in [1.807, 2.05) is 13.8 Å². The second-order valence-electron chi connectivity index (χ2n) is 8.28. The van der Waals surface area contributed by atoms with Crippen molar-refractivity contribution in [3.63, 3.8) is 0 Å². The van der Waals surface area contributed by atoms with Crippen LogP contribution in [0.15, 0.2) is 18.2 Å². The molecule has 8 nitrogen and oxygen atoms in total. The number of amides is 1. The Morgan fingerprint density at radius 2 is 2.16 bits per heavy atom. The lowest BCUT2D eigenvalue weighted by atomic mass is 10.1. The van der Waals surface area contributed by atoms with Gasteiger partial charge in [0.05, 0.1) is 40.8 Å². The van der Waals surface area contributed by atoms with E-state index in [2.05, 4.69) is 15.4 Å². The highest BCUT2D eigenvalue weighted by molar-refractivity contribution is 6.31. The van der Waals surface area contributed by atoms with Crippen molar-refractivity contribution in [3.05, 3.63) is 57.2 Å². The molecule has 5 rings (SSSR count). The Morgan fingerprint density at radius 1 is 1.34 bits per heavy atom. The molecule has 3 aromatic rings. The summed E-state index contributed by atoms with van der Waals surface area (Å²) in [6.07, 6.45) is -0.682. The zero-order chi connectivity index (χ0) is 22.6. The van der Waals surface area contributed by atoms with E-state index in [0.29, 0.717) is 49.0 Å². The molecule has 4 heterocycles. The minimum Gasteiger partial charge on any atom is -0.487 e. The van der Waals surface area contributed by atoms with Gasteiger partial charge in [0.25, 0.3) is 5.91 Å². The molecule has 0 unspecified atom stereocenters. The molecule has 168 valence electrons. The number of ether oxygens (including phenoxy) is 1. The molecule has 1 saturated heterocycles. The molecule has 1 fully saturated rings. The van der Waals surface area contributed by atoms with E-state index in [9.17, 15) is 14.3 Å². The van der Waals surface area contributed by atoms with E-state index < -0.39 is 18.0 Å². The fourth-order valence-electron chi connectivity index (χ4n) is 4.32. The summed E-state index contributed by atoms with van der Waals surface area (Å²) in [5.41, 5.74) is 4.08. The van der Waals surface area contributed by atoms with Gasteiger partial charge in [-0.2, -0.15) is 5.10 Å². The fraction of sp³-hybridized carbons (Fsp3) is 0.409. The average molecular weight is 460 g/mol. The molecule has 32 heavy (non-hydrogen) atoms. The maximum Gasteiger partial charge on any atom is 0.258 e. The van der Waals surface area contributed by atoms with Crippen LogP contribution in [0.4, 0.5) is 4.39 Å². The second-order valence-corrected chi connectivity index (χ2v) is 8.65. The summed E-state index contributed by atoms with van der Waals surface area (Å²) < 4.78 is 21.6. The lowest BCUT2D eigenvalue weighted by molar-refractivity contribution is 0.0153. The van der Waals surface area contributed by atoms with Gasteiger partial charge in [0, 0.05) is 18.2 Å². The highest BCUT2D eigenvalue weighted by atomic mass is 35.5. The number of hydrogen-bond acceptors (Lipinski definition) is 6. The van der Waals surface area contributed by atoms with Crippen molar-refractivity contribution in [2.75, 3.05) is 13.1 Å². The number of aryl methyl sites for hydroxylation is 2. The fourth-order valence-corrected chi connectivity index (χ4v) is 4.44. The Labute approximate surface area is 188 Å². The van der Waals surface area contributed by atoms with E-state index in [1.165, 1.54) is 18.2 Å². The van der Waals surface area contributed by atoms with E-state index in [0.717, 1.165) is 17.0 Å². The van der Waals surface area contributed by atoms with Crippen molar-refractivity contribution in [1.82, 2.24) is 24.8 Å². The van der Waals surface area contributed by atoms with Gasteiger partial charge in [-0.3, -0.25) is 4.79 Å². The van der Waals surface area contributed by atoms with Gasteiger partial charge >= 0.3 is 0 Å². The molecule has 2 atom stereocenters. The zero-order valence-electron chi connectivity index (χ0n) is 17.7. The van der Waals surface area contributed by atoms with Gasteiger partial charge in [-0.25, -0.2) is 13.9 Å². The third-order valence-electron chi connectivity index (χ3n) is 6.08. The SMILES string of the molecule is Cc1nc2c3c(nn2c(C)c1Cl)CN(C(=O)c1ccc(F)cc1O[C@@H]1CCNC[C@H]1O)C3. The number of rotatable bonds is 3. The Kier molecular flexibility index (Phi) is 5.27. The standard InChI is InChI=1S/C22H23ClFN5O3/c1-11-20(23)12(2)29-21(26-11)15-9-28(10-16(15)27-29)22(31)14-4-3-13(24)7-19(14)32-18-5-6-25-8-17(18)30/h3-4,7,17-18,25,30H,5-6,8-10H2,1-2H3/t17-,18-/m1/s1. The topological polar surface area (TPSA) is 92.0 Å². The van der Waals surface area contributed by atoms with Gasteiger partial charge < -0.3 is 20.1 Å². The molecular formula is C22H23ClFN5O3. The van der Waals surface area contributed by atoms with Crippen LogP contribution in [0.25, 0.3) is 5.65 Å². The van der Waals surface area contributed by atoms with E-state index in [4.69, 9.17) is 16.3 Å². The maximum absolute atomic E-state index is 14.0. The molecule has 2 aliphatic heterocycles. The summed E-state index contributed by atoms with van der Waals surface area (Å²) in [5.74, 6) is -0.660. The van der Waals surface area contributed by atoms with Crippen molar-refractivity contribution in [2.45, 2.75) is 45.6 Å². The highest BCUT2D eigenvalue weighted by Crippen LogP contribution is 2.32. The number of benzene rings is 1. The van der Waals surface area contributed by atoms with Crippen molar-refractivity contribution >= 4 is 23.2 Å². The van der Waals surface area contributed by atoms with Crippen LogP contribution < -0.4 is 10.1 Å². The first kappa shape index (κ1) is 21.1. The van der Waals surface area contributed by atoms with Gasteiger partial charge in [0.15, 0.2) is 5.65 Å². The number of nitrogens with one attached hydrogen (secondary N) is 1. The molecular weight excluding hydrogens is 437 g/mol. The molecule has 1 amide bonds. The lowest BCUT2D eigenvalue weighted by Crippen LogP contribution is -2.46. The first-order valence-electron chi connectivity index (χ1n) is 10.5. The summed E-state index contributed by atoms with van der Waals surface area (Å²) in [7, 11) is 0. The van der Waals surface area contributed by atoms with E-state index >= 15 is 0 Å². The molecule has 0 spiro atoms. The van der Waals surface area contributed by atoms with Crippen LogP contribution >= 0.6 is 11.6 Å². The molecule has 10 heteroatoms. The first-order chi connectivity index (χ1) is 15.3. The molecule has 0 bridgehead atoms. The molecule has 0 radical (unpaired) electrons. The molecule has 0 saturated carbocycles. The molecule has 2 aliphatic rings. The molecule has 1 aromatic carbocycles. The van der Waals surface area contributed by atoms with Crippen molar-refractivity contribution in [2.24, 2.45) is 0 Å². The smallest absolute Gasteiger partial charge is 0.258 e. The van der Waals surface area contributed by atoms with E-state index in [-0.39, 0.29) is 17.2 Å². The van der Waals surface area contributed by atoms with E-state index in [1.54, 1.807) is 9.42 Å². The zero-order valence-corrected chi connectivity index (χ0v) is 18.5. The van der Waals surface area contributed by atoms with Crippen LogP contribution in [0.3, 0.4) is 0 Å². The number of nitrogens with zero attached hydrogens (tertiary/aromatic N) is 4. The Bertz CT molecular complexity index is 1230. The monoisotopic (exact) mass is 459 g/mol. The third kappa shape index (κ3) is 3.50. The summed E-state index contributed by atoms with van der Waals surface area (Å²) in [5, 5.41) is 18.4. The summed E-state index contributed by atoms with van der Waals surface area (Å²) in [6.45, 7) is 5.42. The first-order valence-corrected chi connectivity index (χ1v) is 10.9. The maximum atomic E-state index is 14.0. The quantitative estimate of drug-likeness (QED) is 0.625. The van der Waals surface area contributed by atoms with Crippen LogP contribution in [0, 0.1) is 19.7 Å². The van der Waals surface area contributed by atoms with Gasteiger partial charge in [-0.1, -0.05) is 11.6 Å². The number of hydrogen-bond donors (Lipinski definition) is 2. The molecule has 2 aromatic heterocycles. The van der Waals surface area contributed by atoms with Gasteiger partial charge in [0.2, 0.25) is 0 Å². The summed E-state index contributed by atoms with van der Waals surface area (Å²) in [6, 6.07) is 3.86. The Morgan fingerprint density at radius 3 is 2.94 bits per heavy atom. The number of piperidine rings is 1. The molecule has 0 aliphatic carbocycles. The largest absolute Gasteiger partial charge is 0.487 e. The number of carbonyl (C=O) groups is 1. The minimum absolute atomic E-state index is 0.135. The number of aliphatic hydroxyl groups is 1. The van der Waals surface area contributed by atoms with Crippen LogP contribution in [-0.4, -0.2) is 55.8 Å². The van der Waals surface area contributed by atoms with Crippen LogP contribution in [-0.2, 0) is 13.1 Å². The normalized spacial score (nSPS) is 20.6. The number of aliphatic hydroxyl groups excluding tert-OH is 1. The van der Waals surface area contributed by atoms with Crippen LogP contribution in [0.5, 0.6) is 5.75 Å². The summed E-state index contributed by atoms with van der Waals surface area (Å²) >= 11 is 6.30. The van der Waals surface area contributed by atoms with Gasteiger partial charge in [0.1, 0.15) is 23.8 Å². The van der Waals surface area contributed by atoms with Gasteiger partial charge in [-0.05, 0) is 38.9 Å². The summed E-state index contributed by atoms with van der Waals surface area (Å²) in [4.78, 5) is 19.6. The Balaban J connectivity index is 1.43. The second kappa shape index (κ2) is 7.99. The van der Waals surface area contributed by atoms with Gasteiger partial charge in [-0.15, -0.1) is 0 Å². The number of aromatic nitrogens is 3. The number of fused-ring (bicyclic) bond motifs is 3. The third-order valence-corrected chi connectivity index (χ3v) is 6.63. The average Bonchev–Trinajstić information content (AvgIpc) is 3.33. The Hall–Kier alpha value is -2.75. The lowest BCUT2D eigenvalue weighted by Gasteiger charge is -2.30. The van der Waals surface area contributed by atoms with Crippen LogP contribution in [0.2, 0.25) is 5.02 Å². The van der Waals surface area contributed by atoms with Crippen LogP contribution in [0.1, 0.15) is 39.4 Å². The minimum atomic E-state index is -0.732. The highest BCUT2D eigenvalue weighted by Gasteiger charge is 2.33. The van der Waals surface area contributed by atoms with Crippen molar-refractivity contribution < 1.29 is 19.0 Å². The predicted molar refractivity (Wildman–Crippen MR) is 115 cm³/mol. The van der Waals surface area contributed by atoms with Crippen molar-refractivity contribution in [1.29, 1.82) is 0 Å². The van der Waals surface area contributed by atoms with Crippen molar-refractivity contribution in [3.8, 4) is 5.75 Å². The predicted octanol–water partition coefficient (Wildman–Crippen LogP) is 2.40. The molecule has 2 N–H and O–H groups in total. The number of β-amino-alcohol motifs (C(OH)–C–C–N with tert-alkyl or cyclic N) is 1. The number of halogens is 2. The number of carbonyl (C=O) groups excluding carboxylic acids is 1.